The zero-order chi connectivity index (χ0) is 13.7. The van der Waals surface area contributed by atoms with Gasteiger partial charge < -0.3 is 15.7 Å². The summed E-state index contributed by atoms with van der Waals surface area (Å²) in [6.07, 6.45) is 1.41. The van der Waals surface area contributed by atoms with E-state index in [1.807, 2.05) is 18.2 Å². The van der Waals surface area contributed by atoms with Gasteiger partial charge in [-0.25, -0.2) is 0 Å². The van der Waals surface area contributed by atoms with Crippen LogP contribution in [0.4, 0.5) is 0 Å². The van der Waals surface area contributed by atoms with Gasteiger partial charge in [0.15, 0.2) is 0 Å². The molecule has 1 unspecified atom stereocenters. The highest BCUT2D eigenvalue weighted by atomic mass is 35.5. The highest BCUT2D eigenvalue weighted by Crippen LogP contribution is 2.28. The molecule has 1 aliphatic rings. The molecule has 0 aromatic heterocycles. The number of amides is 1. The largest absolute Gasteiger partial charge is 0.387 e. The molecule has 1 aliphatic carbocycles. The third kappa shape index (κ3) is 4.49. The number of hydrogen-bond acceptors (Lipinski definition) is 3. The minimum Gasteiger partial charge on any atom is -0.387 e. The lowest BCUT2D eigenvalue weighted by atomic mass is 10.1. The molecule has 1 amide bonds. The Kier molecular flexibility index (Phi) is 5.19. The van der Waals surface area contributed by atoms with Crippen molar-refractivity contribution in [1.82, 2.24) is 10.6 Å². The summed E-state index contributed by atoms with van der Waals surface area (Å²) in [5.74, 6) is 0.391. The van der Waals surface area contributed by atoms with Crippen LogP contribution in [0.1, 0.15) is 24.5 Å². The molecule has 4 nitrogen and oxygen atoms in total. The molecule has 0 heterocycles. The summed E-state index contributed by atoms with van der Waals surface area (Å²) in [7, 11) is 0. The fourth-order valence-electron chi connectivity index (χ4n) is 1.86. The summed E-state index contributed by atoms with van der Waals surface area (Å²) in [4.78, 5) is 11.4. The molecule has 2 rings (SSSR count). The van der Waals surface area contributed by atoms with Crippen LogP contribution in [0.3, 0.4) is 0 Å². The smallest absolute Gasteiger partial charge is 0.223 e. The monoisotopic (exact) mass is 282 g/mol. The maximum absolute atomic E-state index is 11.4. The molecular weight excluding hydrogens is 264 g/mol. The molecule has 1 atom stereocenters. The van der Waals surface area contributed by atoms with Crippen LogP contribution >= 0.6 is 11.6 Å². The first-order valence-corrected chi connectivity index (χ1v) is 6.97. The van der Waals surface area contributed by atoms with Gasteiger partial charge in [-0.2, -0.15) is 0 Å². The van der Waals surface area contributed by atoms with Crippen molar-refractivity contribution in [3.8, 4) is 0 Å². The molecule has 0 bridgehead atoms. The topological polar surface area (TPSA) is 61.4 Å². The summed E-state index contributed by atoms with van der Waals surface area (Å²) >= 11 is 6.00. The minimum absolute atomic E-state index is 0.147. The number of aliphatic hydroxyl groups is 1. The molecule has 1 aromatic rings. The summed E-state index contributed by atoms with van der Waals surface area (Å²) < 4.78 is 0. The Morgan fingerprint density at radius 2 is 2.11 bits per heavy atom. The number of carbonyl (C=O) groups excluding carboxylic acids is 1. The summed E-state index contributed by atoms with van der Waals surface area (Å²) in [6, 6.07) is 7.25. The number of rotatable bonds is 7. The van der Waals surface area contributed by atoms with Gasteiger partial charge in [0.1, 0.15) is 0 Å². The van der Waals surface area contributed by atoms with E-state index >= 15 is 0 Å². The van der Waals surface area contributed by atoms with Crippen LogP contribution in [-0.4, -0.2) is 30.6 Å². The SMILES string of the molecule is O=C(NCCNCC(O)c1ccccc1Cl)C1CC1. The first-order chi connectivity index (χ1) is 9.18. The Morgan fingerprint density at radius 3 is 2.79 bits per heavy atom. The molecule has 0 spiro atoms. The van der Waals surface area contributed by atoms with Crippen LogP contribution in [0.5, 0.6) is 0 Å². The highest BCUT2D eigenvalue weighted by Gasteiger charge is 2.28. The van der Waals surface area contributed by atoms with E-state index in [0.717, 1.165) is 18.4 Å². The number of carbonyl (C=O) groups is 1. The van der Waals surface area contributed by atoms with Crippen molar-refractivity contribution in [3.05, 3.63) is 34.9 Å². The van der Waals surface area contributed by atoms with E-state index in [1.54, 1.807) is 6.07 Å². The first-order valence-electron chi connectivity index (χ1n) is 6.59. The van der Waals surface area contributed by atoms with Gasteiger partial charge in [0.25, 0.3) is 0 Å². The van der Waals surface area contributed by atoms with Crippen LogP contribution in [0.25, 0.3) is 0 Å². The number of halogens is 1. The van der Waals surface area contributed by atoms with Gasteiger partial charge in [0.2, 0.25) is 5.91 Å². The third-order valence-corrected chi connectivity index (χ3v) is 3.50. The molecule has 3 N–H and O–H groups in total. The van der Waals surface area contributed by atoms with E-state index in [1.165, 1.54) is 0 Å². The average molecular weight is 283 g/mol. The van der Waals surface area contributed by atoms with Crippen molar-refractivity contribution in [1.29, 1.82) is 0 Å². The molecule has 1 aromatic carbocycles. The predicted molar refractivity (Wildman–Crippen MR) is 75.0 cm³/mol. The average Bonchev–Trinajstić information content (AvgIpc) is 3.22. The maximum atomic E-state index is 11.4. The summed E-state index contributed by atoms with van der Waals surface area (Å²) in [5.41, 5.74) is 0.721. The molecule has 0 aliphatic heterocycles. The van der Waals surface area contributed by atoms with E-state index < -0.39 is 6.10 Å². The zero-order valence-corrected chi connectivity index (χ0v) is 11.5. The van der Waals surface area contributed by atoms with Crippen LogP contribution in [0.15, 0.2) is 24.3 Å². The predicted octanol–water partition coefficient (Wildman–Crippen LogP) is 1.49. The van der Waals surface area contributed by atoms with E-state index in [0.29, 0.717) is 24.7 Å². The van der Waals surface area contributed by atoms with E-state index in [-0.39, 0.29) is 11.8 Å². The fourth-order valence-corrected chi connectivity index (χ4v) is 2.12. The maximum Gasteiger partial charge on any atom is 0.223 e. The molecule has 5 heteroatoms. The molecule has 1 fully saturated rings. The second-order valence-electron chi connectivity index (χ2n) is 4.81. The van der Waals surface area contributed by atoms with Crippen LogP contribution in [0, 0.1) is 5.92 Å². The Bertz CT molecular complexity index is 435. The van der Waals surface area contributed by atoms with Crippen molar-refractivity contribution in [2.24, 2.45) is 5.92 Å². The third-order valence-electron chi connectivity index (χ3n) is 3.15. The molecule has 0 saturated heterocycles. The van der Waals surface area contributed by atoms with E-state index in [9.17, 15) is 9.90 Å². The number of nitrogens with one attached hydrogen (secondary N) is 2. The number of aliphatic hydroxyl groups excluding tert-OH is 1. The van der Waals surface area contributed by atoms with Gasteiger partial charge in [0.05, 0.1) is 6.10 Å². The summed E-state index contributed by atoms with van der Waals surface area (Å²) in [6.45, 7) is 1.65. The van der Waals surface area contributed by atoms with Gasteiger partial charge in [-0.1, -0.05) is 29.8 Å². The van der Waals surface area contributed by atoms with Crippen molar-refractivity contribution < 1.29 is 9.90 Å². The van der Waals surface area contributed by atoms with Crippen LogP contribution in [0.2, 0.25) is 5.02 Å². The lowest BCUT2D eigenvalue weighted by Crippen LogP contribution is -2.34. The standard InChI is InChI=1S/C14H19ClN2O2/c15-12-4-2-1-3-11(12)13(18)9-16-7-8-17-14(19)10-5-6-10/h1-4,10,13,16,18H,5-9H2,(H,17,19). The minimum atomic E-state index is -0.632. The normalized spacial score (nSPS) is 16.1. The Hall–Kier alpha value is -1.10. The van der Waals surface area contributed by atoms with Crippen molar-refractivity contribution in [2.75, 3.05) is 19.6 Å². The second kappa shape index (κ2) is 6.89. The van der Waals surface area contributed by atoms with Gasteiger partial charge in [0, 0.05) is 36.1 Å². The Labute approximate surface area is 118 Å². The van der Waals surface area contributed by atoms with Gasteiger partial charge in [-0.3, -0.25) is 4.79 Å². The van der Waals surface area contributed by atoms with Crippen molar-refractivity contribution >= 4 is 17.5 Å². The second-order valence-corrected chi connectivity index (χ2v) is 5.21. The number of hydrogen-bond donors (Lipinski definition) is 3. The Balaban J connectivity index is 1.62. The fraction of sp³-hybridized carbons (Fsp3) is 0.500. The van der Waals surface area contributed by atoms with Crippen LogP contribution in [-0.2, 0) is 4.79 Å². The number of benzene rings is 1. The quantitative estimate of drug-likeness (QED) is 0.664. The lowest BCUT2D eigenvalue weighted by Gasteiger charge is -2.13. The molecule has 104 valence electrons. The lowest BCUT2D eigenvalue weighted by molar-refractivity contribution is -0.122. The Morgan fingerprint density at radius 1 is 1.37 bits per heavy atom. The van der Waals surface area contributed by atoms with E-state index in [4.69, 9.17) is 11.6 Å². The molecule has 1 saturated carbocycles. The molecular formula is C14H19ClN2O2. The van der Waals surface area contributed by atoms with E-state index in [2.05, 4.69) is 10.6 Å². The molecule has 0 radical (unpaired) electrons. The first kappa shape index (κ1) is 14.3. The molecule has 19 heavy (non-hydrogen) atoms. The van der Waals surface area contributed by atoms with Gasteiger partial charge in [-0.05, 0) is 18.9 Å². The van der Waals surface area contributed by atoms with Crippen LogP contribution < -0.4 is 10.6 Å². The zero-order valence-electron chi connectivity index (χ0n) is 10.7. The van der Waals surface area contributed by atoms with Crippen molar-refractivity contribution in [2.45, 2.75) is 18.9 Å². The van der Waals surface area contributed by atoms with Gasteiger partial charge in [-0.15, -0.1) is 0 Å². The highest BCUT2D eigenvalue weighted by molar-refractivity contribution is 6.31. The van der Waals surface area contributed by atoms with Crippen molar-refractivity contribution in [3.63, 3.8) is 0 Å². The van der Waals surface area contributed by atoms with Gasteiger partial charge >= 0.3 is 0 Å². The summed E-state index contributed by atoms with van der Waals surface area (Å²) in [5, 5.41) is 16.5.